The van der Waals surface area contributed by atoms with Crippen LogP contribution in [0.3, 0.4) is 0 Å². The fourth-order valence-electron chi connectivity index (χ4n) is 1.23. The number of hydrogen-bond acceptors (Lipinski definition) is 4. The number of phenolic OH excluding ortho intramolecular Hbond substituents is 1. The van der Waals surface area contributed by atoms with Crippen LogP contribution in [0.4, 0.5) is 0 Å². The molecule has 1 atom stereocenters. The molecule has 0 saturated carbocycles. The topological polar surface area (TPSA) is 92.8 Å². The average molecular weight is 211 g/mol. The molecule has 1 aromatic rings. The third kappa shape index (κ3) is 2.85. The van der Waals surface area contributed by atoms with E-state index in [1.165, 1.54) is 19.2 Å². The summed E-state index contributed by atoms with van der Waals surface area (Å²) >= 11 is 0. The van der Waals surface area contributed by atoms with Crippen LogP contribution in [0.5, 0.6) is 11.5 Å². The van der Waals surface area contributed by atoms with Gasteiger partial charge in [0.1, 0.15) is 17.5 Å². The predicted molar refractivity (Wildman–Crippen MR) is 54.0 cm³/mol. The van der Waals surface area contributed by atoms with Crippen molar-refractivity contribution >= 4 is 5.97 Å². The summed E-state index contributed by atoms with van der Waals surface area (Å²) in [5, 5.41) is 17.8. The highest BCUT2D eigenvalue weighted by molar-refractivity contribution is 5.73. The minimum atomic E-state index is -1.06. The highest BCUT2D eigenvalue weighted by Gasteiger charge is 2.15. The molecular weight excluding hydrogens is 198 g/mol. The standard InChI is InChI=1S/C10H13NO4/c1-15-9-5-7(12)3-2-6(9)4-8(11)10(13)14/h2-3,5,8,12H,4,11H2,1H3,(H,13,14). The summed E-state index contributed by atoms with van der Waals surface area (Å²) in [4.78, 5) is 10.6. The van der Waals surface area contributed by atoms with Gasteiger partial charge < -0.3 is 20.7 Å². The van der Waals surface area contributed by atoms with Crippen LogP contribution in [0.25, 0.3) is 0 Å². The highest BCUT2D eigenvalue weighted by atomic mass is 16.5. The smallest absolute Gasteiger partial charge is 0.320 e. The van der Waals surface area contributed by atoms with Crippen molar-refractivity contribution in [3.05, 3.63) is 23.8 Å². The van der Waals surface area contributed by atoms with Crippen LogP contribution in [0.15, 0.2) is 18.2 Å². The number of rotatable bonds is 4. The van der Waals surface area contributed by atoms with Gasteiger partial charge in [0.05, 0.1) is 7.11 Å². The Kier molecular flexibility index (Phi) is 3.51. The molecule has 0 bridgehead atoms. The van der Waals surface area contributed by atoms with Gasteiger partial charge in [0.25, 0.3) is 0 Å². The monoisotopic (exact) mass is 211 g/mol. The second-order valence-corrected chi connectivity index (χ2v) is 3.15. The second-order valence-electron chi connectivity index (χ2n) is 3.15. The van der Waals surface area contributed by atoms with E-state index < -0.39 is 12.0 Å². The molecule has 0 spiro atoms. The van der Waals surface area contributed by atoms with Gasteiger partial charge in [0, 0.05) is 12.5 Å². The van der Waals surface area contributed by atoms with Gasteiger partial charge in [-0.25, -0.2) is 0 Å². The van der Waals surface area contributed by atoms with E-state index in [0.29, 0.717) is 11.3 Å². The Balaban J connectivity index is 2.89. The molecular formula is C10H13NO4. The molecule has 5 nitrogen and oxygen atoms in total. The molecule has 0 aliphatic rings. The van der Waals surface area contributed by atoms with Crippen molar-refractivity contribution in [3.63, 3.8) is 0 Å². The SMILES string of the molecule is COc1cc(O)ccc1CC(N)C(=O)O. The molecule has 0 aliphatic carbocycles. The fraction of sp³-hybridized carbons (Fsp3) is 0.300. The molecule has 0 heterocycles. The van der Waals surface area contributed by atoms with Gasteiger partial charge in [-0.2, -0.15) is 0 Å². The number of ether oxygens (including phenoxy) is 1. The fourth-order valence-corrected chi connectivity index (χ4v) is 1.23. The van der Waals surface area contributed by atoms with Crippen LogP contribution in [0, 0.1) is 0 Å². The van der Waals surface area contributed by atoms with Gasteiger partial charge in [0.15, 0.2) is 0 Å². The van der Waals surface area contributed by atoms with E-state index in [0.717, 1.165) is 0 Å². The van der Waals surface area contributed by atoms with Crippen LogP contribution >= 0.6 is 0 Å². The zero-order valence-corrected chi connectivity index (χ0v) is 8.30. The lowest BCUT2D eigenvalue weighted by molar-refractivity contribution is -0.138. The minimum absolute atomic E-state index is 0.0690. The Morgan fingerprint density at radius 3 is 2.80 bits per heavy atom. The number of methoxy groups -OCH3 is 1. The first-order valence-electron chi connectivity index (χ1n) is 4.39. The van der Waals surface area contributed by atoms with Crippen molar-refractivity contribution in [1.29, 1.82) is 0 Å². The highest BCUT2D eigenvalue weighted by Crippen LogP contribution is 2.24. The molecule has 0 radical (unpaired) electrons. The van der Waals surface area contributed by atoms with Crippen LogP contribution < -0.4 is 10.5 Å². The quantitative estimate of drug-likeness (QED) is 0.668. The number of aliphatic carboxylic acids is 1. The maximum atomic E-state index is 10.6. The second kappa shape index (κ2) is 4.65. The van der Waals surface area contributed by atoms with Gasteiger partial charge in [-0.3, -0.25) is 4.79 Å². The predicted octanol–water partition coefficient (Wildman–Crippen LogP) is 0.355. The number of hydrogen-bond donors (Lipinski definition) is 3. The Morgan fingerprint density at radius 1 is 1.60 bits per heavy atom. The van der Waals surface area contributed by atoms with E-state index in [2.05, 4.69) is 0 Å². The number of nitrogens with two attached hydrogens (primary N) is 1. The lowest BCUT2D eigenvalue weighted by atomic mass is 10.1. The zero-order valence-electron chi connectivity index (χ0n) is 8.30. The minimum Gasteiger partial charge on any atom is -0.508 e. The zero-order chi connectivity index (χ0) is 11.4. The third-order valence-corrected chi connectivity index (χ3v) is 2.03. The number of carbonyl (C=O) groups is 1. The Labute approximate surface area is 87.1 Å². The first kappa shape index (κ1) is 11.3. The largest absolute Gasteiger partial charge is 0.508 e. The first-order chi connectivity index (χ1) is 7.04. The summed E-state index contributed by atoms with van der Waals surface area (Å²) in [5.41, 5.74) is 6.05. The van der Waals surface area contributed by atoms with Crippen molar-refractivity contribution in [2.75, 3.05) is 7.11 Å². The molecule has 1 rings (SSSR count). The summed E-state index contributed by atoms with van der Waals surface area (Å²) < 4.78 is 5.00. The molecule has 0 fully saturated rings. The van der Waals surface area contributed by atoms with E-state index >= 15 is 0 Å². The summed E-state index contributed by atoms with van der Waals surface area (Å²) in [6.45, 7) is 0. The van der Waals surface area contributed by atoms with Crippen molar-refractivity contribution < 1.29 is 19.7 Å². The normalized spacial score (nSPS) is 12.1. The van der Waals surface area contributed by atoms with Crippen LogP contribution in [-0.4, -0.2) is 29.3 Å². The van der Waals surface area contributed by atoms with Crippen LogP contribution in [-0.2, 0) is 11.2 Å². The molecule has 0 aromatic heterocycles. The maximum absolute atomic E-state index is 10.6. The third-order valence-electron chi connectivity index (χ3n) is 2.03. The maximum Gasteiger partial charge on any atom is 0.320 e. The number of carboxylic acid groups (broad SMARTS) is 1. The van der Waals surface area contributed by atoms with Crippen LogP contribution in [0.1, 0.15) is 5.56 Å². The van der Waals surface area contributed by atoms with E-state index in [9.17, 15) is 9.90 Å². The summed E-state index contributed by atoms with van der Waals surface area (Å²) in [5.74, 6) is -0.559. The summed E-state index contributed by atoms with van der Waals surface area (Å²) in [6, 6.07) is 3.51. The first-order valence-corrected chi connectivity index (χ1v) is 4.39. The number of carboxylic acids is 1. The van der Waals surface area contributed by atoms with E-state index in [4.69, 9.17) is 15.6 Å². The van der Waals surface area contributed by atoms with E-state index in [1.54, 1.807) is 6.07 Å². The molecule has 0 amide bonds. The molecule has 1 unspecified atom stereocenters. The molecule has 82 valence electrons. The average Bonchev–Trinajstić information content (AvgIpc) is 2.20. The Hall–Kier alpha value is -1.75. The molecule has 4 N–H and O–H groups in total. The van der Waals surface area contributed by atoms with E-state index in [-0.39, 0.29) is 12.2 Å². The van der Waals surface area contributed by atoms with Gasteiger partial charge in [-0.1, -0.05) is 6.07 Å². The van der Waals surface area contributed by atoms with Crippen LogP contribution in [0.2, 0.25) is 0 Å². The lowest BCUT2D eigenvalue weighted by Gasteiger charge is -2.11. The molecule has 5 heteroatoms. The summed E-state index contributed by atoms with van der Waals surface area (Å²) in [6.07, 6.45) is 0.165. The Bertz CT molecular complexity index is 364. The van der Waals surface area contributed by atoms with Gasteiger partial charge >= 0.3 is 5.97 Å². The summed E-state index contributed by atoms with van der Waals surface area (Å²) in [7, 11) is 1.45. The molecule has 0 aliphatic heterocycles. The lowest BCUT2D eigenvalue weighted by Crippen LogP contribution is -2.32. The Morgan fingerprint density at radius 2 is 2.27 bits per heavy atom. The van der Waals surface area contributed by atoms with Gasteiger partial charge in [0.2, 0.25) is 0 Å². The molecule has 0 saturated heterocycles. The van der Waals surface area contributed by atoms with E-state index in [1.807, 2.05) is 0 Å². The van der Waals surface area contributed by atoms with Crippen molar-refractivity contribution in [2.24, 2.45) is 5.73 Å². The van der Waals surface area contributed by atoms with Crippen molar-refractivity contribution in [2.45, 2.75) is 12.5 Å². The molecule has 1 aromatic carbocycles. The van der Waals surface area contributed by atoms with Crippen molar-refractivity contribution in [1.82, 2.24) is 0 Å². The van der Waals surface area contributed by atoms with Crippen molar-refractivity contribution in [3.8, 4) is 11.5 Å². The number of benzene rings is 1. The van der Waals surface area contributed by atoms with Gasteiger partial charge in [-0.05, 0) is 11.6 Å². The number of phenols is 1. The number of aromatic hydroxyl groups is 1. The molecule has 15 heavy (non-hydrogen) atoms. The van der Waals surface area contributed by atoms with Gasteiger partial charge in [-0.15, -0.1) is 0 Å².